The quantitative estimate of drug-likeness (QED) is 0.839. The van der Waals surface area contributed by atoms with Crippen LogP contribution in [0.4, 0.5) is 0 Å². The number of hydrogen-bond acceptors (Lipinski definition) is 4. The van der Waals surface area contributed by atoms with Crippen molar-refractivity contribution in [3.05, 3.63) is 48.3 Å². The van der Waals surface area contributed by atoms with Crippen LogP contribution < -0.4 is 10.0 Å². The molecule has 2 heterocycles. The third kappa shape index (κ3) is 3.82. The highest BCUT2D eigenvalue weighted by atomic mass is 32.2. The van der Waals surface area contributed by atoms with Gasteiger partial charge in [0, 0.05) is 24.7 Å². The van der Waals surface area contributed by atoms with Gasteiger partial charge in [0.05, 0.1) is 12.7 Å². The van der Waals surface area contributed by atoms with Gasteiger partial charge in [0.25, 0.3) is 0 Å². The third-order valence-corrected chi connectivity index (χ3v) is 5.53. The molecule has 2 unspecified atom stereocenters. The molecule has 0 saturated carbocycles. The molecule has 128 valence electrons. The first-order valence-electron chi connectivity index (χ1n) is 7.82. The van der Waals surface area contributed by atoms with Crippen molar-refractivity contribution in [3.8, 4) is 0 Å². The normalized spacial score (nSPS) is 21.5. The Morgan fingerprint density at radius 1 is 1.33 bits per heavy atom. The second kappa shape index (κ2) is 6.74. The Balaban J connectivity index is 1.70. The van der Waals surface area contributed by atoms with Crippen molar-refractivity contribution in [3.63, 3.8) is 0 Å². The van der Waals surface area contributed by atoms with Crippen LogP contribution in [-0.4, -0.2) is 36.2 Å². The number of carbonyl (C=O) groups excluding carboxylic acids is 1. The Morgan fingerprint density at radius 2 is 2.08 bits per heavy atom. The van der Waals surface area contributed by atoms with Crippen LogP contribution in [0.5, 0.6) is 0 Å². The number of benzene rings is 1. The fraction of sp³-hybridized carbons (Fsp3) is 0.375. The number of nitrogens with zero attached hydrogens (tertiary/aromatic N) is 2. The lowest BCUT2D eigenvalue weighted by Crippen LogP contribution is -2.53. The van der Waals surface area contributed by atoms with E-state index in [9.17, 15) is 13.2 Å². The number of nitrogens with one attached hydrogen (secondary N) is 2. The van der Waals surface area contributed by atoms with Crippen molar-refractivity contribution < 1.29 is 13.2 Å². The molecular weight excluding hydrogens is 328 g/mol. The molecule has 1 amide bonds. The summed E-state index contributed by atoms with van der Waals surface area (Å²) in [5.41, 5.74) is 1.04. The summed E-state index contributed by atoms with van der Waals surface area (Å²) in [6.07, 6.45) is 3.67. The summed E-state index contributed by atoms with van der Waals surface area (Å²) in [5, 5.41) is 6.88. The molecule has 1 fully saturated rings. The minimum atomic E-state index is -3.67. The lowest BCUT2D eigenvalue weighted by atomic mass is 10.0. The maximum atomic E-state index is 12.5. The van der Waals surface area contributed by atoms with E-state index in [1.807, 2.05) is 30.3 Å². The summed E-state index contributed by atoms with van der Waals surface area (Å²) in [5.74, 6) is -0.0476. The van der Waals surface area contributed by atoms with Crippen molar-refractivity contribution in [1.82, 2.24) is 19.8 Å². The number of amides is 1. The molecule has 1 saturated heterocycles. The predicted octanol–water partition coefficient (Wildman–Crippen LogP) is 0.877. The van der Waals surface area contributed by atoms with Gasteiger partial charge in [-0.15, -0.1) is 0 Å². The SMILES string of the molecule is CC1NC(=O)CCC1NS(=O)(=O)c1cnn(Cc2ccccc2)c1. The molecule has 7 nitrogen and oxygen atoms in total. The lowest BCUT2D eigenvalue weighted by Gasteiger charge is -2.29. The molecule has 2 aromatic rings. The highest BCUT2D eigenvalue weighted by Crippen LogP contribution is 2.15. The van der Waals surface area contributed by atoms with Crippen molar-refractivity contribution >= 4 is 15.9 Å². The number of piperidine rings is 1. The Kier molecular flexibility index (Phi) is 4.68. The molecule has 1 aliphatic rings. The standard InChI is InChI=1S/C16H20N4O3S/c1-12-15(7-8-16(21)18-12)19-24(22,23)14-9-17-20(11-14)10-13-5-3-2-4-6-13/h2-6,9,11-12,15,19H,7-8,10H2,1H3,(H,18,21). The van der Waals surface area contributed by atoms with E-state index in [4.69, 9.17) is 0 Å². The van der Waals surface area contributed by atoms with E-state index >= 15 is 0 Å². The first-order valence-corrected chi connectivity index (χ1v) is 9.30. The van der Waals surface area contributed by atoms with E-state index in [1.165, 1.54) is 12.4 Å². The topological polar surface area (TPSA) is 93.1 Å². The average Bonchev–Trinajstić information content (AvgIpc) is 3.01. The third-order valence-electron chi connectivity index (χ3n) is 4.09. The molecule has 0 radical (unpaired) electrons. The van der Waals surface area contributed by atoms with Crippen LogP contribution in [0.25, 0.3) is 0 Å². The highest BCUT2D eigenvalue weighted by Gasteiger charge is 2.30. The maximum Gasteiger partial charge on any atom is 0.244 e. The van der Waals surface area contributed by atoms with E-state index in [1.54, 1.807) is 11.6 Å². The molecule has 1 aromatic carbocycles. The predicted molar refractivity (Wildman–Crippen MR) is 88.7 cm³/mol. The van der Waals surface area contributed by atoms with Crippen molar-refractivity contribution in [2.24, 2.45) is 0 Å². The zero-order valence-corrected chi connectivity index (χ0v) is 14.2. The van der Waals surface area contributed by atoms with Gasteiger partial charge >= 0.3 is 0 Å². The van der Waals surface area contributed by atoms with E-state index in [-0.39, 0.29) is 22.9 Å². The van der Waals surface area contributed by atoms with Crippen LogP contribution >= 0.6 is 0 Å². The second-order valence-corrected chi connectivity index (χ2v) is 7.70. The van der Waals surface area contributed by atoms with Gasteiger partial charge < -0.3 is 5.32 Å². The van der Waals surface area contributed by atoms with Gasteiger partial charge in [-0.2, -0.15) is 5.10 Å². The van der Waals surface area contributed by atoms with E-state index in [2.05, 4.69) is 15.1 Å². The molecular formula is C16H20N4O3S. The summed E-state index contributed by atoms with van der Waals surface area (Å²) in [6.45, 7) is 2.30. The first kappa shape index (κ1) is 16.7. The molecule has 3 rings (SSSR count). The molecule has 24 heavy (non-hydrogen) atoms. The molecule has 0 aliphatic carbocycles. The van der Waals surface area contributed by atoms with E-state index < -0.39 is 10.0 Å². The van der Waals surface area contributed by atoms with E-state index in [0.717, 1.165) is 5.56 Å². The van der Waals surface area contributed by atoms with Gasteiger partial charge in [0.1, 0.15) is 4.90 Å². The molecule has 0 spiro atoms. The van der Waals surface area contributed by atoms with Crippen LogP contribution in [0.15, 0.2) is 47.6 Å². The maximum absolute atomic E-state index is 12.5. The van der Waals surface area contributed by atoms with Crippen molar-refractivity contribution in [2.75, 3.05) is 0 Å². The van der Waals surface area contributed by atoms with Crippen molar-refractivity contribution in [2.45, 2.75) is 43.3 Å². The summed E-state index contributed by atoms with van der Waals surface area (Å²) < 4.78 is 29.3. The minimum absolute atomic E-state index is 0.0476. The summed E-state index contributed by atoms with van der Waals surface area (Å²) in [7, 11) is -3.67. The monoisotopic (exact) mass is 348 g/mol. The van der Waals surface area contributed by atoms with Gasteiger partial charge in [0.2, 0.25) is 15.9 Å². The van der Waals surface area contributed by atoms with Crippen LogP contribution in [0, 0.1) is 0 Å². The van der Waals surface area contributed by atoms with Crippen LogP contribution in [0.2, 0.25) is 0 Å². The van der Waals surface area contributed by atoms with Crippen LogP contribution in [0.1, 0.15) is 25.3 Å². The number of aromatic nitrogens is 2. The van der Waals surface area contributed by atoms with Crippen LogP contribution in [0.3, 0.4) is 0 Å². The minimum Gasteiger partial charge on any atom is -0.352 e. The fourth-order valence-corrected chi connectivity index (χ4v) is 4.03. The Hall–Kier alpha value is -2.19. The average molecular weight is 348 g/mol. The fourth-order valence-electron chi connectivity index (χ4n) is 2.73. The van der Waals surface area contributed by atoms with Gasteiger partial charge in [-0.05, 0) is 18.9 Å². The number of sulfonamides is 1. The molecule has 1 aliphatic heterocycles. The van der Waals surface area contributed by atoms with Gasteiger partial charge in [0.15, 0.2) is 0 Å². The zero-order chi connectivity index (χ0) is 17.2. The van der Waals surface area contributed by atoms with Gasteiger partial charge in [-0.1, -0.05) is 30.3 Å². The van der Waals surface area contributed by atoms with E-state index in [0.29, 0.717) is 19.4 Å². The largest absolute Gasteiger partial charge is 0.352 e. The van der Waals surface area contributed by atoms with Gasteiger partial charge in [-0.3, -0.25) is 9.48 Å². The zero-order valence-electron chi connectivity index (χ0n) is 13.3. The summed E-state index contributed by atoms with van der Waals surface area (Å²) in [6, 6.07) is 9.15. The first-order chi connectivity index (χ1) is 11.4. The van der Waals surface area contributed by atoms with Crippen molar-refractivity contribution in [1.29, 1.82) is 0 Å². The summed E-state index contributed by atoms with van der Waals surface area (Å²) in [4.78, 5) is 11.5. The number of hydrogen-bond donors (Lipinski definition) is 2. The molecule has 1 aromatic heterocycles. The Labute approximate surface area is 141 Å². The Bertz CT molecular complexity index is 817. The Morgan fingerprint density at radius 3 is 2.79 bits per heavy atom. The molecule has 2 N–H and O–H groups in total. The number of rotatable bonds is 5. The molecule has 2 atom stereocenters. The molecule has 0 bridgehead atoms. The second-order valence-electron chi connectivity index (χ2n) is 5.98. The highest BCUT2D eigenvalue weighted by molar-refractivity contribution is 7.89. The number of carbonyl (C=O) groups is 1. The van der Waals surface area contributed by atoms with Gasteiger partial charge in [-0.25, -0.2) is 13.1 Å². The van der Waals surface area contributed by atoms with Crippen LogP contribution in [-0.2, 0) is 21.4 Å². The smallest absolute Gasteiger partial charge is 0.244 e. The lowest BCUT2D eigenvalue weighted by molar-refractivity contribution is -0.123. The summed E-state index contributed by atoms with van der Waals surface area (Å²) >= 11 is 0. The molecule has 8 heteroatoms.